The number of nitro benzene ring substituents is 1. The second-order valence-corrected chi connectivity index (χ2v) is 5.37. The molecule has 106 valence electrons. The normalized spacial score (nSPS) is 12.3. The summed E-state index contributed by atoms with van der Waals surface area (Å²) in [6, 6.07) is 7.64. The van der Waals surface area contributed by atoms with E-state index < -0.39 is 10.7 Å². The number of hydrogen-bond acceptors (Lipinski definition) is 4. The number of thiophene rings is 1. The van der Waals surface area contributed by atoms with Crippen LogP contribution >= 0.6 is 11.3 Å². The highest BCUT2D eigenvalue weighted by molar-refractivity contribution is 7.10. The maximum atomic E-state index is 13.2. The molecule has 1 aromatic carbocycles. The second kappa shape index (κ2) is 6.58. The molecule has 1 unspecified atom stereocenters. The van der Waals surface area contributed by atoms with Crippen LogP contribution in [0.1, 0.15) is 29.8 Å². The van der Waals surface area contributed by atoms with Crippen molar-refractivity contribution in [2.45, 2.75) is 25.9 Å². The summed E-state index contributed by atoms with van der Waals surface area (Å²) < 4.78 is 13.2. The van der Waals surface area contributed by atoms with Crippen LogP contribution in [0.15, 0.2) is 35.7 Å². The van der Waals surface area contributed by atoms with Gasteiger partial charge in [0.05, 0.1) is 4.92 Å². The summed E-state index contributed by atoms with van der Waals surface area (Å²) in [7, 11) is 0. The van der Waals surface area contributed by atoms with Crippen LogP contribution < -0.4 is 5.32 Å². The minimum atomic E-state index is -0.484. The van der Waals surface area contributed by atoms with Crippen LogP contribution in [0.4, 0.5) is 10.1 Å². The van der Waals surface area contributed by atoms with Crippen LogP contribution in [0, 0.1) is 15.9 Å². The minimum absolute atomic E-state index is 0.0556. The molecule has 1 N–H and O–H groups in total. The van der Waals surface area contributed by atoms with Crippen molar-refractivity contribution in [3.05, 3.63) is 62.1 Å². The summed E-state index contributed by atoms with van der Waals surface area (Å²) in [5.74, 6) is -0.462. The fourth-order valence-corrected chi connectivity index (χ4v) is 2.93. The van der Waals surface area contributed by atoms with Gasteiger partial charge >= 0.3 is 0 Å². The first-order valence-corrected chi connectivity index (χ1v) is 7.19. The predicted octanol–water partition coefficient (Wildman–Crippen LogP) is 4.04. The highest BCUT2D eigenvalue weighted by atomic mass is 32.1. The van der Waals surface area contributed by atoms with Crippen molar-refractivity contribution in [2.24, 2.45) is 0 Å². The molecule has 0 radical (unpaired) electrons. The zero-order chi connectivity index (χ0) is 14.5. The standard InChI is InChI=1S/C14H15FN2O2S/c1-2-12(14-4-3-7-20-14)16-9-10-8-11(15)5-6-13(10)17(18)19/h3-8,12,16H,2,9H2,1H3. The third-order valence-electron chi connectivity index (χ3n) is 3.07. The summed E-state index contributed by atoms with van der Waals surface area (Å²) in [6.07, 6.45) is 0.865. The maximum Gasteiger partial charge on any atom is 0.274 e. The quantitative estimate of drug-likeness (QED) is 0.646. The summed E-state index contributed by atoms with van der Waals surface area (Å²) in [5, 5.41) is 16.2. The Bertz CT molecular complexity index is 587. The molecule has 2 aromatic rings. The monoisotopic (exact) mass is 294 g/mol. The van der Waals surface area contributed by atoms with Gasteiger partial charge in [-0.1, -0.05) is 13.0 Å². The molecule has 0 amide bonds. The fraction of sp³-hybridized carbons (Fsp3) is 0.286. The molecule has 0 aliphatic carbocycles. The molecule has 2 rings (SSSR count). The molecule has 1 heterocycles. The van der Waals surface area contributed by atoms with E-state index in [-0.39, 0.29) is 18.3 Å². The lowest BCUT2D eigenvalue weighted by Gasteiger charge is -2.15. The van der Waals surface area contributed by atoms with Crippen LogP contribution in [-0.4, -0.2) is 4.92 Å². The summed E-state index contributed by atoms with van der Waals surface area (Å²) in [6.45, 7) is 2.31. The van der Waals surface area contributed by atoms with E-state index >= 15 is 0 Å². The molecule has 1 aromatic heterocycles. The third-order valence-corrected chi connectivity index (χ3v) is 4.06. The summed E-state index contributed by atoms with van der Waals surface area (Å²) in [4.78, 5) is 11.6. The average molecular weight is 294 g/mol. The van der Waals surface area contributed by atoms with Crippen molar-refractivity contribution < 1.29 is 9.31 Å². The molecule has 0 aliphatic heterocycles. The molecule has 0 saturated carbocycles. The van der Waals surface area contributed by atoms with Gasteiger partial charge in [-0.05, 0) is 30.0 Å². The lowest BCUT2D eigenvalue weighted by atomic mass is 10.1. The molecule has 0 aliphatic rings. The van der Waals surface area contributed by atoms with Gasteiger partial charge in [0.2, 0.25) is 0 Å². The number of benzene rings is 1. The van der Waals surface area contributed by atoms with Crippen LogP contribution in [0.5, 0.6) is 0 Å². The van der Waals surface area contributed by atoms with Crippen molar-refractivity contribution >= 4 is 17.0 Å². The van der Waals surface area contributed by atoms with Gasteiger partial charge in [0.1, 0.15) is 5.82 Å². The highest BCUT2D eigenvalue weighted by Crippen LogP contribution is 2.24. The van der Waals surface area contributed by atoms with Gasteiger partial charge in [-0.3, -0.25) is 10.1 Å². The number of hydrogen-bond donors (Lipinski definition) is 1. The van der Waals surface area contributed by atoms with Crippen molar-refractivity contribution in [3.8, 4) is 0 Å². The molecule has 20 heavy (non-hydrogen) atoms. The van der Waals surface area contributed by atoms with Crippen molar-refractivity contribution in [3.63, 3.8) is 0 Å². The molecule has 1 atom stereocenters. The minimum Gasteiger partial charge on any atom is -0.305 e. The Hall–Kier alpha value is -1.79. The molecule has 4 nitrogen and oxygen atoms in total. The Labute approximate surface area is 120 Å². The van der Waals surface area contributed by atoms with Gasteiger partial charge in [0, 0.05) is 29.1 Å². The zero-order valence-corrected chi connectivity index (χ0v) is 11.8. The first-order chi connectivity index (χ1) is 9.61. The first kappa shape index (κ1) is 14.6. The van der Waals surface area contributed by atoms with Gasteiger partial charge in [-0.2, -0.15) is 0 Å². The van der Waals surface area contributed by atoms with Gasteiger partial charge in [0.15, 0.2) is 0 Å². The molecule has 0 fully saturated rings. The molecular formula is C14H15FN2O2S. The van der Waals surface area contributed by atoms with Gasteiger partial charge in [0.25, 0.3) is 5.69 Å². The molecule has 0 saturated heterocycles. The predicted molar refractivity (Wildman–Crippen MR) is 77.2 cm³/mol. The molecular weight excluding hydrogens is 279 g/mol. The topological polar surface area (TPSA) is 55.2 Å². The Balaban J connectivity index is 2.13. The SMILES string of the molecule is CCC(NCc1cc(F)ccc1[N+](=O)[O-])c1cccs1. The Morgan fingerprint density at radius 1 is 1.45 bits per heavy atom. The Morgan fingerprint density at radius 3 is 2.85 bits per heavy atom. The number of nitrogens with zero attached hydrogens (tertiary/aromatic N) is 1. The van der Waals surface area contributed by atoms with E-state index in [4.69, 9.17) is 0 Å². The third kappa shape index (κ3) is 3.40. The van der Waals surface area contributed by atoms with E-state index in [1.54, 1.807) is 11.3 Å². The van der Waals surface area contributed by atoms with Crippen molar-refractivity contribution in [1.82, 2.24) is 5.32 Å². The maximum absolute atomic E-state index is 13.2. The molecule has 6 heteroatoms. The lowest BCUT2D eigenvalue weighted by molar-refractivity contribution is -0.385. The van der Waals surface area contributed by atoms with E-state index in [0.29, 0.717) is 5.56 Å². The van der Waals surface area contributed by atoms with Crippen molar-refractivity contribution in [1.29, 1.82) is 0 Å². The largest absolute Gasteiger partial charge is 0.305 e. The van der Waals surface area contributed by atoms with Crippen LogP contribution in [0.25, 0.3) is 0 Å². The Morgan fingerprint density at radius 2 is 2.25 bits per heavy atom. The lowest BCUT2D eigenvalue weighted by Crippen LogP contribution is -2.20. The average Bonchev–Trinajstić information content (AvgIpc) is 2.93. The van der Waals surface area contributed by atoms with E-state index in [2.05, 4.69) is 5.32 Å². The highest BCUT2D eigenvalue weighted by Gasteiger charge is 2.16. The van der Waals surface area contributed by atoms with E-state index in [1.165, 1.54) is 17.0 Å². The molecule has 0 bridgehead atoms. The van der Waals surface area contributed by atoms with Crippen LogP contribution in [-0.2, 0) is 6.54 Å². The second-order valence-electron chi connectivity index (χ2n) is 4.39. The van der Waals surface area contributed by atoms with E-state index in [9.17, 15) is 14.5 Å². The van der Waals surface area contributed by atoms with Gasteiger partial charge < -0.3 is 5.32 Å². The van der Waals surface area contributed by atoms with Crippen LogP contribution in [0.3, 0.4) is 0 Å². The fourth-order valence-electron chi connectivity index (χ4n) is 2.04. The van der Waals surface area contributed by atoms with Gasteiger partial charge in [-0.15, -0.1) is 11.3 Å². The van der Waals surface area contributed by atoms with Crippen LogP contribution in [0.2, 0.25) is 0 Å². The molecule has 0 spiro atoms. The summed E-state index contributed by atoms with van der Waals surface area (Å²) >= 11 is 1.63. The number of nitrogens with one attached hydrogen (secondary N) is 1. The van der Waals surface area contributed by atoms with Crippen molar-refractivity contribution in [2.75, 3.05) is 0 Å². The number of nitro groups is 1. The first-order valence-electron chi connectivity index (χ1n) is 6.31. The van der Waals surface area contributed by atoms with E-state index in [1.807, 2.05) is 24.4 Å². The summed E-state index contributed by atoms with van der Waals surface area (Å²) in [5.41, 5.74) is 0.310. The Kier molecular flexibility index (Phi) is 4.81. The zero-order valence-electron chi connectivity index (χ0n) is 11.0. The van der Waals surface area contributed by atoms with Gasteiger partial charge in [-0.25, -0.2) is 4.39 Å². The number of halogens is 1. The number of rotatable bonds is 6. The van der Waals surface area contributed by atoms with E-state index in [0.717, 1.165) is 12.5 Å². The smallest absolute Gasteiger partial charge is 0.274 e.